The van der Waals surface area contributed by atoms with Crippen LogP contribution >= 0.6 is 11.6 Å². The summed E-state index contributed by atoms with van der Waals surface area (Å²) in [5.74, 6) is -0.252. The van der Waals surface area contributed by atoms with Crippen LogP contribution in [0.15, 0.2) is 56.6 Å². The van der Waals surface area contributed by atoms with Crippen molar-refractivity contribution >= 4 is 44.4 Å². The SMILES string of the molecule is CCS(=O)(=O)c1ccc2oc(=O)c(/C=C(/O)c3ccc(Cl)cc3)nc2c1. The van der Waals surface area contributed by atoms with Crippen molar-refractivity contribution in [3.63, 3.8) is 0 Å². The molecule has 0 radical (unpaired) electrons. The Morgan fingerprint density at radius 1 is 1.23 bits per heavy atom. The minimum absolute atomic E-state index is 0.0561. The molecule has 0 saturated heterocycles. The van der Waals surface area contributed by atoms with Gasteiger partial charge in [-0.2, -0.15) is 0 Å². The molecule has 1 aromatic heterocycles. The second-order valence-electron chi connectivity index (χ2n) is 5.46. The molecule has 0 atom stereocenters. The molecule has 0 aliphatic rings. The van der Waals surface area contributed by atoms with Crippen LogP contribution in [-0.2, 0) is 9.84 Å². The number of nitrogens with zero attached hydrogens (tertiary/aromatic N) is 1. The molecule has 1 heterocycles. The summed E-state index contributed by atoms with van der Waals surface area (Å²) < 4.78 is 29.2. The highest BCUT2D eigenvalue weighted by Crippen LogP contribution is 2.20. The third kappa shape index (κ3) is 3.63. The lowest BCUT2D eigenvalue weighted by Crippen LogP contribution is -2.08. The summed E-state index contributed by atoms with van der Waals surface area (Å²) in [7, 11) is -3.42. The molecule has 0 bridgehead atoms. The molecule has 0 fully saturated rings. The summed E-state index contributed by atoms with van der Waals surface area (Å²) in [5.41, 5.74) is -0.0828. The molecule has 26 heavy (non-hydrogen) atoms. The number of aliphatic hydroxyl groups excluding tert-OH is 1. The number of hydrogen-bond acceptors (Lipinski definition) is 6. The van der Waals surface area contributed by atoms with E-state index < -0.39 is 15.5 Å². The molecular formula is C18H14ClNO5S. The van der Waals surface area contributed by atoms with Gasteiger partial charge in [-0.15, -0.1) is 0 Å². The van der Waals surface area contributed by atoms with Gasteiger partial charge in [0.25, 0.3) is 0 Å². The lowest BCUT2D eigenvalue weighted by molar-refractivity contribution is 0.514. The van der Waals surface area contributed by atoms with Crippen molar-refractivity contribution in [2.75, 3.05) is 5.75 Å². The lowest BCUT2D eigenvalue weighted by atomic mass is 10.1. The van der Waals surface area contributed by atoms with Gasteiger partial charge in [-0.1, -0.05) is 18.5 Å². The molecule has 8 heteroatoms. The molecular weight excluding hydrogens is 378 g/mol. The van der Waals surface area contributed by atoms with Gasteiger partial charge in [0, 0.05) is 16.7 Å². The maximum absolute atomic E-state index is 12.1. The van der Waals surface area contributed by atoms with E-state index in [1.54, 1.807) is 24.3 Å². The minimum Gasteiger partial charge on any atom is -0.507 e. The Morgan fingerprint density at radius 3 is 2.58 bits per heavy atom. The van der Waals surface area contributed by atoms with E-state index >= 15 is 0 Å². The molecule has 0 saturated carbocycles. The zero-order valence-corrected chi connectivity index (χ0v) is 15.2. The average Bonchev–Trinajstić information content (AvgIpc) is 2.62. The molecule has 0 unspecified atom stereocenters. The van der Waals surface area contributed by atoms with Gasteiger partial charge in [0.2, 0.25) is 0 Å². The van der Waals surface area contributed by atoms with Crippen LogP contribution in [0.5, 0.6) is 0 Å². The molecule has 2 aromatic carbocycles. The third-order valence-electron chi connectivity index (χ3n) is 3.74. The Morgan fingerprint density at radius 2 is 1.92 bits per heavy atom. The van der Waals surface area contributed by atoms with Crippen LogP contribution in [0.1, 0.15) is 18.2 Å². The summed E-state index contributed by atoms with van der Waals surface area (Å²) in [5, 5.41) is 10.7. The van der Waals surface area contributed by atoms with Gasteiger partial charge < -0.3 is 9.52 Å². The van der Waals surface area contributed by atoms with Crippen molar-refractivity contribution in [2.24, 2.45) is 0 Å². The first-order valence-corrected chi connectivity index (χ1v) is 9.67. The molecule has 3 rings (SSSR count). The Kier molecular flexibility index (Phi) is 4.84. The number of halogens is 1. The average molecular weight is 392 g/mol. The number of aliphatic hydroxyl groups is 1. The normalized spacial score (nSPS) is 12.5. The van der Waals surface area contributed by atoms with Gasteiger partial charge in [-0.25, -0.2) is 18.2 Å². The first-order valence-electron chi connectivity index (χ1n) is 7.64. The molecule has 0 aliphatic heterocycles. The second-order valence-corrected chi connectivity index (χ2v) is 8.17. The van der Waals surface area contributed by atoms with Gasteiger partial charge in [-0.05, 0) is 42.5 Å². The van der Waals surface area contributed by atoms with Gasteiger partial charge in [0.1, 0.15) is 11.3 Å². The van der Waals surface area contributed by atoms with Crippen molar-refractivity contribution in [3.05, 3.63) is 69.2 Å². The van der Waals surface area contributed by atoms with Gasteiger partial charge in [0.05, 0.1) is 10.6 Å². The number of fused-ring (bicyclic) bond motifs is 1. The molecule has 3 aromatic rings. The van der Waals surface area contributed by atoms with Crippen molar-refractivity contribution in [1.82, 2.24) is 4.98 Å². The highest BCUT2D eigenvalue weighted by atomic mass is 35.5. The second kappa shape index (κ2) is 6.93. The zero-order chi connectivity index (χ0) is 18.9. The van der Waals surface area contributed by atoms with Crippen LogP contribution in [0, 0.1) is 0 Å². The van der Waals surface area contributed by atoms with E-state index in [9.17, 15) is 18.3 Å². The van der Waals surface area contributed by atoms with E-state index in [4.69, 9.17) is 16.0 Å². The fourth-order valence-corrected chi connectivity index (χ4v) is 3.31. The summed E-state index contributed by atoms with van der Waals surface area (Å²) in [6.07, 6.45) is 1.16. The fourth-order valence-electron chi connectivity index (χ4n) is 2.28. The van der Waals surface area contributed by atoms with E-state index in [2.05, 4.69) is 4.98 Å². The van der Waals surface area contributed by atoms with Gasteiger partial charge >= 0.3 is 5.63 Å². The van der Waals surface area contributed by atoms with Gasteiger partial charge in [0.15, 0.2) is 21.1 Å². The van der Waals surface area contributed by atoms with E-state index in [1.807, 2.05) is 0 Å². The Hall–Kier alpha value is -2.64. The first-order chi connectivity index (χ1) is 12.3. The monoisotopic (exact) mass is 391 g/mol. The largest absolute Gasteiger partial charge is 0.507 e. The Balaban J connectivity index is 2.11. The van der Waals surface area contributed by atoms with Crippen LogP contribution in [0.25, 0.3) is 22.9 Å². The van der Waals surface area contributed by atoms with Gasteiger partial charge in [-0.3, -0.25) is 0 Å². The summed E-state index contributed by atoms with van der Waals surface area (Å²) in [6.45, 7) is 1.54. The first kappa shape index (κ1) is 18.2. The van der Waals surface area contributed by atoms with E-state index in [-0.39, 0.29) is 33.2 Å². The van der Waals surface area contributed by atoms with Crippen LogP contribution in [-0.4, -0.2) is 24.3 Å². The van der Waals surface area contributed by atoms with Crippen molar-refractivity contribution < 1.29 is 17.9 Å². The van der Waals surface area contributed by atoms with Crippen molar-refractivity contribution in [3.8, 4) is 0 Å². The third-order valence-corrected chi connectivity index (χ3v) is 5.72. The predicted molar refractivity (Wildman–Crippen MR) is 100.0 cm³/mol. The quantitative estimate of drug-likeness (QED) is 0.681. The Labute approximate surface area is 154 Å². The van der Waals surface area contributed by atoms with Crippen LogP contribution < -0.4 is 5.63 Å². The molecule has 0 amide bonds. The fraction of sp³-hybridized carbons (Fsp3) is 0.111. The summed E-state index contributed by atoms with van der Waals surface area (Å²) in [6, 6.07) is 10.5. The maximum atomic E-state index is 12.1. The highest BCUT2D eigenvalue weighted by molar-refractivity contribution is 7.91. The van der Waals surface area contributed by atoms with Crippen molar-refractivity contribution in [1.29, 1.82) is 0 Å². The van der Waals surface area contributed by atoms with Crippen LogP contribution in [0.4, 0.5) is 0 Å². The molecule has 6 nitrogen and oxygen atoms in total. The maximum Gasteiger partial charge on any atom is 0.362 e. The van der Waals surface area contributed by atoms with E-state index in [0.29, 0.717) is 10.6 Å². The van der Waals surface area contributed by atoms with E-state index in [0.717, 1.165) is 6.08 Å². The van der Waals surface area contributed by atoms with Crippen molar-refractivity contribution in [2.45, 2.75) is 11.8 Å². The number of rotatable bonds is 4. The lowest BCUT2D eigenvalue weighted by Gasteiger charge is -2.04. The zero-order valence-electron chi connectivity index (χ0n) is 13.6. The molecule has 0 spiro atoms. The standard InChI is InChI=1S/C18H14ClNO5S/c1-2-26(23,24)13-7-8-17-14(9-13)20-15(18(22)25-17)10-16(21)11-3-5-12(19)6-4-11/h3-10,21H,2H2,1H3/b16-10+. The van der Waals surface area contributed by atoms with Crippen LogP contribution in [0.2, 0.25) is 5.02 Å². The number of aromatic nitrogens is 1. The number of hydrogen-bond donors (Lipinski definition) is 1. The summed E-state index contributed by atoms with van der Waals surface area (Å²) in [4.78, 5) is 16.3. The summed E-state index contributed by atoms with van der Waals surface area (Å²) >= 11 is 5.80. The molecule has 0 aliphatic carbocycles. The van der Waals surface area contributed by atoms with E-state index in [1.165, 1.54) is 25.1 Å². The number of benzene rings is 2. The Bertz CT molecular complexity index is 1160. The predicted octanol–water partition coefficient (Wildman–Crippen LogP) is 3.69. The van der Waals surface area contributed by atoms with Crippen LogP contribution in [0.3, 0.4) is 0 Å². The topological polar surface area (TPSA) is 97.5 Å². The molecule has 134 valence electrons. The smallest absolute Gasteiger partial charge is 0.362 e. The molecule has 1 N–H and O–H groups in total. The number of sulfone groups is 1. The minimum atomic E-state index is -3.42. The highest BCUT2D eigenvalue weighted by Gasteiger charge is 2.14.